The van der Waals surface area contributed by atoms with Gasteiger partial charge in [-0.05, 0) is 38.8 Å². The largest absolute Gasteiger partial charge is 0.330 e. The number of likely N-dealkylation sites (tertiary alicyclic amines) is 1. The monoisotopic (exact) mass is 181 g/mol. The molecule has 0 saturated carbocycles. The molecule has 0 aliphatic carbocycles. The first-order chi connectivity index (χ1) is 6.26. The second-order valence-corrected chi connectivity index (χ2v) is 4.03. The maximum absolute atomic E-state index is 8.69. The van der Waals surface area contributed by atoms with E-state index in [-0.39, 0.29) is 5.92 Å². The van der Waals surface area contributed by atoms with E-state index in [1.54, 1.807) is 0 Å². The van der Waals surface area contributed by atoms with Crippen molar-refractivity contribution in [1.82, 2.24) is 4.90 Å². The van der Waals surface area contributed by atoms with Crippen LogP contribution in [0.15, 0.2) is 0 Å². The molecule has 3 nitrogen and oxygen atoms in total. The van der Waals surface area contributed by atoms with Crippen LogP contribution in [0.5, 0.6) is 0 Å². The van der Waals surface area contributed by atoms with Gasteiger partial charge >= 0.3 is 0 Å². The molecule has 1 heterocycles. The fraction of sp³-hybridized carbons (Fsp3) is 0.900. The molecule has 0 aromatic carbocycles. The van der Waals surface area contributed by atoms with Gasteiger partial charge in [0.2, 0.25) is 0 Å². The van der Waals surface area contributed by atoms with Gasteiger partial charge in [-0.1, -0.05) is 0 Å². The van der Waals surface area contributed by atoms with Crippen molar-refractivity contribution in [3.05, 3.63) is 0 Å². The first-order valence-electron chi connectivity index (χ1n) is 5.08. The fourth-order valence-electron chi connectivity index (χ4n) is 1.94. The number of nitrogens with zero attached hydrogens (tertiary/aromatic N) is 2. The Hall–Kier alpha value is -0.590. The van der Waals surface area contributed by atoms with Crippen LogP contribution in [-0.2, 0) is 0 Å². The Kier molecular flexibility index (Phi) is 4.20. The Morgan fingerprint density at radius 1 is 1.69 bits per heavy atom. The van der Waals surface area contributed by atoms with E-state index >= 15 is 0 Å². The van der Waals surface area contributed by atoms with Crippen LogP contribution in [0.2, 0.25) is 0 Å². The van der Waals surface area contributed by atoms with Crippen LogP contribution in [0, 0.1) is 23.2 Å². The molecular formula is C10H19N3. The molecule has 13 heavy (non-hydrogen) atoms. The molecule has 1 rings (SSSR count). The molecule has 0 radical (unpaired) electrons. The van der Waals surface area contributed by atoms with Gasteiger partial charge in [0, 0.05) is 13.1 Å². The molecule has 3 heteroatoms. The Labute approximate surface area is 80.5 Å². The predicted octanol–water partition coefficient (Wildman–Crippen LogP) is 0.817. The minimum atomic E-state index is 0.150. The molecule has 1 saturated heterocycles. The van der Waals surface area contributed by atoms with E-state index in [1.807, 2.05) is 6.92 Å². The van der Waals surface area contributed by atoms with E-state index < -0.39 is 0 Å². The summed E-state index contributed by atoms with van der Waals surface area (Å²) in [6.07, 6.45) is 2.49. The van der Waals surface area contributed by atoms with Crippen molar-refractivity contribution in [3.63, 3.8) is 0 Å². The lowest BCUT2D eigenvalue weighted by Crippen LogP contribution is -2.40. The molecule has 2 atom stereocenters. The predicted molar refractivity (Wildman–Crippen MR) is 53.0 cm³/mol. The SMILES string of the molecule is CC(C#N)CN1CCCC(CN)C1. The van der Waals surface area contributed by atoms with Crippen molar-refractivity contribution in [1.29, 1.82) is 5.26 Å². The summed E-state index contributed by atoms with van der Waals surface area (Å²) < 4.78 is 0. The number of nitrogens with two attached hydrogens (primary N) is 1. The first-order valence-corrected chi connectivity index (χ1v) is 5.08. The van der Waals surface area contributed by atoms with Gasteiger partial charge in [0.1, 0.15) is 0 Å². The number of piperidine rings is 1. The maximum Gasteiger partial charge on any atom is 0.0666 e. The third-order valence-corrected chi connectivity index (χ3v) is 2.69. The van der Waals surface area contributed by atoms with Gasteiger partial charge in [-0.2, -0.15) is 5.26 Å². The Morgan fingerprint density at radius 3 is 3.08 bits per heavy atom. The van der Waals surface area contributed by atoms with Crippen LogP contribution in [0.25, 0.3) is 0 Å². The zero-order valence-electron chi connectivity index (χ0n) is 8.37. The van der Waals surface area contributed by atoms with Crippen LogP contribution in [0.4, 0.5) is 0 Å². The minimum absolute atomic E-state index is 0.150. The highest BCUT2D eigenvalue weighted by Gasteiger charge is 2.19. The summed E-state index contributed by atoms with van der Waals surface area (Å²) >= 11 is 0. The highest BCUT2D eigenvalue weighted by atomic mass is 15.1. The Morgan fingerprint density at radius 2 is 2.46 bits per heavy atom. The standard InChI is InChI=1S/C10H19N3/c1-9(5-11)7-13-4-2-3-10(6-12)8-13/h9-10H,2-4,6-8,12H2,1H3. The van der Waals surface area contributed by atoms with E-state index in [1.165, 1.54) is 12.8 Å². The number of nitriles is 1. The van der Waals surface area contributed by atoms with Crippen LogP contribution >= 0.6 is 0 Å². The summed E-state index contributed by atoms with van der Waals surface area (Å²) in [5.41, 5.74) is 5.64. The Bertz CT molecular complexity index is 185. The molecule has 1 fully saturated rings. The summed E-state index contributed by atoms with van der Waals surface area (Å²) in [5, 5.41) is 8.69. The molecule has 0 amide bonds. The van der Waals surface area contributed by atoms with E-state index in [0.29, 0.717) is 5.92 Å². The van der Waals surface area contributed by atoms with Gasteiger partial charge in [-0.25, -0.2) is 0 Å². The summed E-state index contributed by atoms with van der Waals surface area (Å²) in [4.78, 5) is 2.37. The molecule has 0 aromatic heterocycles. The van der Waals surface area contributed by atoms with E-state index in [9.17, 15) is 0 Å². The van der Waals surface area contributed by atoms with E-state index in [2.05, 4.69) is 11.0 Å². The summed E-state index contributed by atoms with van der Waals surface area (Å²) in [7, 11) is 0. The minimum Gasteiger partial charge on any atom is -0.330 e. The van der Waals surface area contributed by atoms with Crippen molar-refractivity contribution in [2.75, 3.05) is 26.2 Å². The molecule has 0 bridgehead atoms. The molecule has 0 aromatic rings. The molecule has 2 unspecified atom stereocenters. The van der Waals surface area contributed by atoms with Gasteiger partial charge in [0.25, 0.3) is 0 Å². The molecule has 1 aliphatic rings. The topological polar surface area (TPSA) is 53.0 Å². The van der Waals surface area contributed by atoms with E-state index in [0.717, 1.165) is 26.2 Å². The number of rotatable bonds is 3. The molecule has 2 N–H and O–H groups in total. The number of hydrogen-bond donors (Lipinski definition) is 1. The van der Waals surface area contributed by atoms with Gasteiger partial charge in [0.05, 0.1) is 12.0 Å². The lowest BCUT2D eigenvalue weighted by molar-refractivity contribution is 0.168. The van der Waals surface area contributed by atoms with Gasteiger partial charge < -0.3 is 10.6 Å². The third kappa shape index (κ3) is 3.33. The second kappa shape index (κ2) is 5.21. The molecular weight excluding hydrogens is 162 g/mol. The average molecular weight is 181 g/mol. The number of hydrogen-bond acceptors (Lipinski definition) is 3. The maximum atomic E-state index is 8.69. The quantitative estimate of drug-likeness (QED) is 0.701. The fourth-order valence-corrected chi connectivity index (χ4v) is 1.94. The zero-order chi connectivity index (χ0) is 9.68. The lowest BCUT2D eigenvalue weighted by atomic mass is 9.97. The van der Waals surface area contributed by atoms with Crippen molar-refractivity contribution in [2.24, 2.45) is 17.6 Å². The normalized spacial score (nSPS) is 26.7. The van der Waals surface area contributed by atoms with Crippen LogP contribution in [0.3, 0.4) is 0 Å². The lowest BCUT2D eigenvalue weighted by Gasteiger charge is -2.32. The summed E-state index contributed by atoms with van der Waals surface area (Å²) in [6, 6.07) is 2.27. The highest BCUT2D eigenvalue weighted by molar-refractivity contribution is 4.83. The summed E-state index contributed by atoms with van der Waals surface area (Å²) in [5.74, 6) is 0.802. The molecule has 74 valence electrons. The van der Waals surface area contributed by atoms with Gasteiger partial charge in [0.15, 0.2) is 0 Å². The average Bonchev–Trinajstić information content (AvgIpc) is 2.18. The molecule has 1 aliphatic heterocycles. The molecule has 0 spiro atoms. The van der Waals surface area contributed by atoms with Crippen molar-refractivity contribution in [3.8, 4) is 6.07 Å². The smallest absolute Gasteiger partial charge is 0.0666 e. The van der Waals surface area contributed by atoms with Crippen LogP contribution in [-0.4, -0.2) is 31.1 Å². The van der Waals surface area contributed by atoms with Crippen molar-refractivity contribution >= 4 is 0 Å². The second-order valence-electron chi connectivity index (χ2n) is 4.03. The van der Waals surface area contributed by atoms with Crippen LogP contribution in [0.1, 0.15) is 19.8 Å². The Balaban J connectivity index is 2.30. The van der Waals surface area contributed by atoms with Crippen molar-refractivity contribution < 1.29 is 0 Å². The van der Waals surface area contributed by atoms with E-state index in [4.69, 9.17) is 11.0 Å². The zero-order valence-corrected chi connectivity index (χ0v) is 8.37. The third-order valence-electron chi connectivity index (χ3n) is 2.69. The van der Waals surface area contributed by atoms with Gasteiger partial charge in [-0.15, -0.1) is 0 Å². The summed E-state index contributed by atoms with van der Waals surface area (Å²) in [6.45, 7) is 5.90. The van der Waals surface area contributed by atoms with Crippen LogP contribution < -0.4 is 5.73 Å². The van der Waals surface area contributed by atoms with Gasteiger partial charge in [-0.3, -0.25) is 0 Å². The van der Waals surface area contributed by atoms with Crippen molar-refractivity contribution in [2.45, 2.75) is 19.8 Å². The first kappa shape index (κ1) is 10.5. The highest BCUT2D eigenvalue weighted by Crippen LogP contribution is 2.15.